The predicted octanol–water partition coefficient (Wildman–Crippen LogP) is -20.1. The predicted molar refractivity (Wildman–Crippen MR) is 109 cm³/mol. The van der Waals surface area contributed by atoms with Crippen molar-refractivity contribution < 1.29 is 177 Å². The molecule has 0 aromatic rings. The Labute approximate surface area is 238 Å². The van der Waals surface area contributed by atoms with E-state index in [1.807, 2.05) is 0 Å². The maximum Gasteiger partial charge on any atom is 2.00 e. The summed E-state index contributed by atoms with van der Waals surface area (Å²) in [5, 5.41) is 0. The van der Waals surface area contributed by atoms with Crippen LogP contribution in [-0.4, -0.2) is 162 Å². The number of hydrogen-bond acceptors (Lipinski definition) is 2. The zero-order valence-electron chi connectivity index (χ0n) is 16.7. The van der Waals surface area contributed by atoms with Gasteiger partial charge in [0, 0.05) is 0 Å². The molecule has 0 aliphatic carbocycles. The fraction of sp³-hybridized carbons (Fsp3) is 0. The van der Waals surface area contributed by atoms with Crippen LogP contribution in [0, 0.1) is 0 Å². The first-order valence-corrected chi connectivity index (χ1v) is 2.10. The van der Waals surface area contributed by atoms with E-state index < -0.39 is 10.4 Å². The van der Waals surface area contributed by atoms with Gasteiger partial charge in [-0.15, -0.1) is 12.4 Å². The molecule has 204 valence electrons. The third kappa shape index (κ3) is 3880. The largest absolute Gasteiger partial charge is 2.00 e. The molecule has 0 unspecified atom stereocenters. The van der Waals surface area contributed by atoms with E-state index in [1.165, 1.54) is 0 Å². The standard InChI is InChI=1S/Al.ClH.K.Mg.H2O4S.19H2O.6H/c;;;;1-5(2,3)4;;;;;;;;;;;;;;;;;;;;;;;;;/h;1H;;;(H2,1,2,3,4);19*1H2;;;;;;/q;;+1;+2;;;;;;;;;;;;;;;;;;;;;;;;3*-1. The minimum atomic E-state index is -4.67. The second-order valence-electron chi connectivity index (χ2n) is 0.448. The molecule has 28 heteroatoms. The van der Waals surface area contributed by atoms with Crippen molar-refractivity contribution in [3.8, 4) is 0 Å². The molecule has 28 heavy (non-hydrogen) atoms. The summed E-state index contributed by atoms with van der Waals surface area (Å²) >= 11 is 0. The Bertz CT molecular complexity index is 128. The fourth-order valence-corrected chi connectivity index (χ4v) is 0. The quantitative estimate of drug-likeness (QED) is 0.210. The van der Waals surface area contributed by atoms with Gasteiger partial charge in [-0.1, -0.05) is 0 Å². The SMILES string of the molecule is Cl.O.O.O.O.O.O.O.O.O.O.O.O.O.O.O.O.O.O.O.O=S(=O)(O)O.[AlH3].[H-].[H-].[H-].[K+].[Mg+2]. The minimum Gasteiger partial charge on any atom is -1.00 e. The smallest absolute Gasteiger partial charge is 1.00 e. The van der Waals surface area contributed by atoms with E-state index in [1.54, 1.807) is 0 Å². The van der Waals surface area contributed by atoms with Crippen molar-refractivity contribution >= 4 is 63.2 Å². The number of hydrogen-bond donors (Lipinski definition) is 2. The summed E-state index contributed by atoms with van der Waals surface area (Å²) in [5.74, 6) is 0. The van der Waals surface area contributed by atoms with Gasteiger partial charge in [0.2, 0.25) is 0 Å². The average molecular weight is 573 g/mol. The van der Waals surface area contributed by atoms with E-state index in [-0.39, 0.29) is 213 Å². The average Bonchev–Trinajstić information content (AvgIpc) is 0.722. The Hall–Kier alpha value is 2.34. The molecule has 0 heterocycles. The van der Waals surface area contributed by atoms with Crippen LogP contribution in [-0.2, 0) is 10.4 Å². The van der Waals surface area contributed by atoms with Crippen molar-refractivity contribution in [1.29, 1.82) is 0 Å². The van der Waals surface area contributed by atoms with Crippen LogP contribution in [0.5, 0.6) is 0 Å². The second-order valence-corrected chi connectivity index (χ2v) is 1.34. The summed E-state index contributed by atoms with van der Waals surface area (Å²) in [4.78, 5) is 0. The topological polar surface area (TPSA) is 673 Å². The molecule has 0 saturated carbocycles. The minimum absolute atomic E-state index is 0. The zero-order chi connectivity index (χ0) is 4.50. The molecule has 23 nitrogen and oxygen atoms in total. The van der Waals surface area contributed by atoms with Gasteiger partial charge >= 0.3 is 84.8 Å². The third-order valence-electron chi connectivity index (χ3n) is 0. The first-order valence-electron chi connectivity index (χ1n) is 0.698. The van der Waals surface area contributed by atoms with Crippen LogP contribution >= 0.6 is 12.4 Å². The Morgan fingerprint density at radius 3 is 0.429 bits per heavy atom. The molecule has 0 aliphatic heterocycles. The third-order valence-corrected chi connectivity index (χ3v) is 0. The maximum atomic E-state index is 8.74. The van der Waals surface area contributed by atoms with E-state index in [9.17, 15) is 0 Å². The van der Waals surface area contributed by atoms with Crippen LogP contribution in [0.1, 0.15) is 4.28 Å². The van der Waals surface area contributed by atoms with Crippen molar-refractivity contribution in [2.75, 3.05) is 0 Å². The number of halogens is 1. The summed E-state index contributed by atoms with van der Waals surface area (Å²) in [6, 6.07) is 0. The van der Waals surface area contributed by atoms with E-state index in [4.69, 9.17) is 17.5 Å². The van der Waals surface area contributed by atoms with Gasteiger partial charge in [-0.2, -0.15) is 8.42 Å². The van der Waals surface area contributed by atoms with Crippen LogP contribution in [0.25, 0.3) is 0 Å². The summed E-state index contributed by atoms with van der Waals surface area (Å²) in [7, 11) is -4.67. The van der Waals surface area contributed by atoms with E-state index >= 15 is 0 Å². The van der Waals surface area contributed by atoms with Crippen LogP contribution < -0.4 is 51.4 Å². The Morgan fingerprint density at radius 1 is 0.429 bits per heavy atom. The molecule has 40 N–H and O–H groups in total. The van der Waals surface area contributed by atoms with Gasteiger partial charge in [-0.05, 0) is 0 Å². The molecule has 0 aromatic heterocycles. The number of rotatable bonds is 0. The fourth-order valence-electron chi connectivity index (χ4n) is 0. The summed E-state index contributed by atoms with van der Waals surface area (Å²) in [6.07, 6.45) is 0. The van der Waals surface area contributed by atoms with Crippen LogP contribution in [0.15, 0.2) is 0 Å². The molecule has 0 atom stereocenters. The molecule has 0 rings (SSSR count). The summed E-state index contributed by atoms with van der Waals surface area (Å²) < 4.78 is 31.6. The molecule has 0 saturated heterocycles. The zero-order valence-corrected chi connectivity index (χ0v) is 19.9. The molecule has 0 radical (unpaired) electrons. The van der Waals surface area contributed by atoms with Crippen molar-refractivity contribution in [2.45, 2.75) is 0 Å². The van der Waals surface area contributed by atoms with Crippen molar-refractivity contribution in [3.63, 3.8) is 0 Å². The van der Waals surface area contributed by atoms with Gasteiger partial charge in [0.05, 0.1) is 0 Å². The first-order chi connectivity index (χ1) is 2.00. The summed E-state index contributed by atoms with van der Waals surface area (Å²) in [5.41, 5.74) is 0. The van der Waals surface area contributed by atoms with Crippen LogP contribution in [0.4, 0.5) is 0 Å². The van der Waals surface area contributed by atoms with Gasteiger partial charge < -0.3 is 108 Å². The molecule has 0 amide bonds. The first kappa shape index (κ1) is 650. The monoisotopic (exact) mass is 572 g/mol. The molecular formula is H47AlClKMgO23S. The molecular weight excluding hydrogens is 526 g/mol. The maximum absolute atomic E-state index is 8.74. The molecule has 0 aromatic carbocycles. The van der Waals surface area contributed by atoms with Crippen molar-refractivity contribution in [3.05, 3.63) is 0 Å². The van der Waals surface area contributed by atoms with Gasteiger partial charge in [-0.3, -0.25) is 9.11 Å². The Morgan fingerprint density at radius 2 is 0.429 bits per heavy atom. The van der Waals surface area contributed by atoms with Crippen LogP contribution in [0.3, 0.4) is 0 Å². The second kappa shape index (κ2) is 339. The Kier molecular flexibility index (Phi) is 7880. The molecule has 0 fully saturated rings. The Balaban J connectivity index is -0.000000000246. The van der Waals surface area contributed by atoms with E-state index in [0.717, 1.165) is 0 Å². The van der Waals surface area contributed by atoms with E-state index in [0.29, 0.717) is 0 Å². The summed E-state index contributed by atoms with van der Waals surface area (Å²) in [6.45, 7) is 0. The molecule has 0 spiro atoms. The van der Waals surface area contributed by atoms with Gasteiger partial charge in [-0.25, -0.2) is 0 Å². The normalized spacial score (nSPS) is 2.07. The van der Waals surface area contributed by atoms with Gasteiger partial charge in [0.1, 0.15) is 0 Å². The van der Waals surface area contributed by atoms with Gasteiger partial charge in [0.25, 0.3) is 0 Å². The van der Waals surface area contributed by atoms with E-state index in [2.05, 4.69) is 0 Å². The van der Waals surface area contributed by atoms with Gasteiger partial charge in [0.15, 0.2) is 17.4 Å². The van der Waals surface area contributed by atoms with Crippen molar-refractivity contribution in [1.82, 2.24) is 0 Å². The molecule has 0 bridgehead atoms. The van der Waals surface area contributed by atoms with Crippen LogP contribution in [0.2, 0.25) is 0 Å². The van der Waals surface area contributed by atoms with Crippen molar-refractivity contribution in [2.24, 2.45) is 0 Å². The molecule has 0 aliphatic rings.